The van der Waals surface area contributed by atoms with Crippen molar-refractivity contribution in [3.63, 3.8) is 0 Å². The van der Waals surface area contributed by atoms with Gasteiger partial charge in [-0.15, -0.1) is 0 Å². The van der Waals surface area contributed by atoms with E-state index < -0.39 is 0 Å². The van der Waals surface area contributed by atoms with Gasteiger partial charge in [0.2, 0.25) is 5.91 Å². The Morgan fingerprint density at radius 1 is 1.22 bits per heavy atom. The van der Waals surface area contributed by atoms with Crippen LogP contribution in [0.1, 0.15) is 32.3 Å². The molecule has 0 spiro atoms. The molecule has 0 saturated carbocycles. The van der Waals surface area contributed by atoms with E-state index in [1.54, 1.807) is 24.4 Å². The Hall–Kier alpha value is -2.87. The van der Waals surface area contributed by atoms with E-state index in [1.165, 1.54) is 0 Å². The second-order valence-electron chi connectivity index (χ2n) is 5.22. The maximum absolute atomic E-state index is 12.0. The van der Waals surface area contributed by atoms with Gasteiger partial charge >= 0.3 is 0 Å². The van der Waals surface area contributed by atoms with Crippen LogP contribution in [0.3, 0.4) is 0 Å². The largest absolute Gasteiger partial charge is 0.339 e. The molecule has 0 fully saturated rings. The number of nitrogens with one attached hydrogen (secondary N) is 2. The van der Waals surface area contributed by atoms with Crippen LogP contribution in [0.4, 0.5) is 17.2 Å². The van der Waals surface area contributed by atoms with Crippen molar-refractivity contribution in [3.05, 3.63) is 48.2 Å². The van der Waals surface area contributed by atoms with E-state index in [4.69, 9.17) is 5.26 Å². The number of hydrogen-bond donors (Lipinski definition) is 2. The predicted octanol–water partition coefficient (Wildman–Crippen LogP) is 4.07. The summed E-state index contributed by atoms with van der Waals surface area (Å²) in [4.78, 5) is 16.3. The Morgan fingerprint density at radius 3 is 2.57 bits per heavy atom. The Bertz CT molecular complexity index is 700. The summed E-state index contributed by atoms with van der Waals surface area (Å²) in [6, 6.07) is 12.9. The number of anilines is 3. The third kappa shape index (κ3) is 4.30. The average Bonchev–Trinajstić information content (AvgIpc) is 2.58. The first kappa shape index (κ1) is 16.5. The molecule has 0 aliphatic rings. The minimum absolute atomic E-state index is 0.0207. The van der Waals surface area contributed by atoms with Crippen LogP contribution in [0, 0.1) is 17.2 Å². The summed E-state index contributed by atoms with van der Waals surface area (Å²) in [6.45, 7) is 4.01. The number of amides is 1. The number of hydrogen-bond acceptors (Lipinski definition) is 4. The smallest absolute Gasteiger partial charge is 0.227 e. The highest BCUT2D eigenvalue weighted by molar-refractivity contribution is 5.92. The Kier molecular flexibility index (Phi) is 5.70. The summed E-state index contributed by atoms with van der Waals surface area (Å²) < 4.78 is 0. The Balaban J connectivity index is 2.05. The molecule has 1 heterocycles. The Morgan fingerprint density at radius 2 is 1.96 bits per heavy atom. The molecule has 5 nitrogen and oxygen atoms in total. The van der Waals surface area contributed by atoms with Crippen molar-refractivity contribution in [2.45, 2.75) is 26.7 Å². The number of nitriles is 1. The third-order valence-electron chi connectivity index (χ3n) is 3.70. The van der Waals surface area contributed by atoms with Crippen LogP contribution in [0.15, 0.2) is 42.6 Å². The molecule has 2 rings (SSSR count). The molecule has 0 aliphatic heterocycles. The molecule has 0 aliphatic carbocycles. The van der Waals surface area contributed by atoms with Crippen LogP contribution >= 0.6 is 0 Å². The van der Waals surface area contributed by atoms with Crippen LogP contribution in [-0.4, -0.2) is 10.9 Å². The molecular weight excluding hydrogens is 288 g/mol. The fraction of sp³-hybridized carbons (Fsp3) is 0.278. The van der Waals surface area contributed by atoms with E-state index in [9.17, 15) is 4.79 Å². The van der Waals surface area contributed by atoms with Gasteiger partial charge in [-0.3, -0.25) is 4.79 Å². The predicted molar refractivity (Wildman–Crippen MR) is 91.4 cm³/mol. The van der Waals surface area contributed by atoms with Crippen molar-refractivity contribution < 1.29 is 4.79 Å². The normalized spacial score (nSPS) is 10.2. The summed E-state index contributed by atoms with van der Waals surface area (Å²) >= 11 is 0. The minimum Gasteiger partial charge on any atom is -0.339 e. The second-order valence-corrected chi connectivity index (χ2v) is 5.22. The molecule has 1 aromatic heterocycles. The first-order valence-electron chi connectivity index (χ1n) is 7.71. The highest BCUT2D eigenvalue weighted by Crippen LogP contribution is 2.20. The van der Waals surface area contributed by atoms with Gasteiger partial charge in [-0.1, -0.05) is 26.0 Å². The Labute approximate surface area is 136 Å². The molecule has 1 aromatic carbocycles. The van der Waals surface area contributed by atoms with Crippen molar-refractivity contribution in [2.24, 2.45) is 5.92 Å². The maximum atomic E-state index is 12.0. The van der Waals surface area contributed by atoms with E-state index >= 15 is 0 Å². The minimum atomic E-state index is 0.0207. The second kappa shape index (κ2) is 7.95. The van der Waals surface area contributed by atoms with E-state index in [0.717, 1.165) is 12.8 Å². The van der Waals surface area contributed by atoms with Crippen LogP contribution in [-0.2, 0) is 4.79 Å². The lowest BCUT2D eigenvalue weighted by molar-refractivity contribution is -0.120. The van der Waals surface area contributed by atoms with Gasteiger partial charge in [0.25, 0.3) is 0 Å². The molecule has 118 valence electrons. The van der Waals surface area contributed by atoms with E-state index in [2.05, 4.69) is 21.7 Å². The fourth-order valence-electron chi connectivity index (χ4n) is 2.27. The zero-order valence-electron chi connectivity index (χ0n) is 13.3. The molecule has 2 aromatic rings. The van der Waals surface area contributed by atoms with Crippen LogP contribution in [0.5, 0.6) is 0 Å². The lowest BCUT2D eigenvalue weighted by Crippen LogP contribution is -2.21. The third-order valence-corrected chi connectivity index (χ3v) is 3.70. The zero-order valence-corrected chi connectivity index (χ0v) is 13.3. The molecular formula is C18H20N4O. The van der Waals surface area contributed by atoms with E-state index in [1.807, 2.05) is 32.0 Å². The number of carbonyl (C=O) groups is 1. The van der Waals surface area contributed by atoms with Gasteiger partial charge in [0, 0.05) is 5.92 Å². The van der Waals surface area contributed by atoms with Crippen LogP contribution in [0.2, 0.25) is 0 Å². The lowest BCUT2D eigenvalue weighted by atomic mass is 10.0. The summed E-state index contributed by atoms with van der Waals surface area (Å²) in [5, 5.41) is 15.1. The molecule has 0 unspecified atom stereocenters. The molecule has 23 heavy (non-hydrogen) atoms. The van der Waals surface area contributed by atoms with Crippen molar-refractivity contribution in [1.82, 2.24) is 4.98 Å². The molecule has 2 N–H and O–H groups in total. The average molecular weight is 308 g/mol. The van der Waals surface area contributed by atoms with Gasteiger partial charge < -0.3 is 10.6 Å². The van der Waals surface area contributed by atoms with Gasteiger partial charge in [0.05, 0.1) is 23.1 Å². The van der Waals surface area contributed by atoms with E-state index in [0.29, 0.717) is 22.8 Å². The summed E-state index contributed by atoms with van der Waals surface area (Å²) in [5.74, 6) is 0.663. The van der Waals surface area contributed by atoms with Crippen molar-refractivity contribution >= 4 is 23.1 Å². The van der Waals surface area contributed by atoms with Gasteiger partial charge in [-0.25, -0.2) is 4.98 Å². The standard InChI is InChI=1S/C18H20N4O/c1-3-13(4-2)18(23)21-15-9-10-17(20-12-15)22-16-8-6-5-7-14(16)11-19/h5-10,12-13H,3-4H2,1-2H3,(H,20,22)(H,21,23). The highest BCUT2D eigenvalue weighted by atomic mass is 16.1. The fourth-order valence-corrected chi connectivity index (χ4v) is 2.27. The number of aromatic nitrogens is 1. The first-order chi connectivity index (χ1) is 11.2. The number of nitrogens with zero attached hydrogens (tertiary/aromatic N) is 2. The number of benzene rings is 1. The van der Waals surface area contributed by atoms with Gasteiger partial charge in [0.15, 0.2) is 0 Å². The number of rotatable bonds is 6. The molecule has 0 bridgehead atoms. The molecule has 0 radical (unpaired) electrons. The maximum Gasteiger partial charge on any atom is 0.227 e. The van der Waals surface area contributed by atoms with Crippen LogP contribution < -0.4 is 10.6 Å². The topological polar surface area (TPSA) is 77.8 Å². The highest BCUT2D eigenvalue weighted by Gasteiger charge is 2.14. The zero-order chi connectivity index (χ0) is 16.7. The van der Waals surface area contributed by atoms with Crippen molar-refractivity contribution in [3.8, 4) is 6.07 Å². The van der Waals surface area contributed by atoms with Crippen molar-refractivity contribution in [1.29, 1.82) is 5.26 Å². The summed E-state index contributed by atoms with van der Waals surface area (Å²) in [6.07, 6.45) is 3.25. The van der Waals surface area contributed by atoms with E-state index in [-0.39, 0.29) is 11.8 Å². The van der Waals surface area contributed by atoms with Gasteiger partial charge in [0.1, 0.15) is 11.9 Å². The number of para-hydroxylation sites is 1. The number of pyridine rings is 1. The van der Waals surface area contributed by atoms with Gasteiger partial charge in [-0.2, -0.15) is 5.26 Å². The summed E-state index contributed by atoms with van der Waals surface area (Å²) in [7, 11) is 0. The van der Waals surface area contributed by atoms with Gasteiger partial charge in [-0.05, 0) is 37.1 Å². The molecule has 0 atom stereocenters. The lowest BCUT2D eigenvalue weighted by Gasteiger charge is -2.13. The van der Waals surface area contributed by atoms with Crippen molar-refractivity contribution in [2.75, 3.05) is 10.6 Å². The monoisotopic (exact) mass is 308 g/mol. The molecule has 5 heteroatoms. The SMILES string of the molecule is CCC(CC)C(=O)Nc1ccc(Nc2ccccc2C#N)nc1. The quantitative estimate of drug-likeness (QED) is 0.843. The first-order valence-corrected chi connectivity index (χ1v) is 7.71. The number of carbonyl (C=O) groups excluding carboxylic acids is 1. The summed E-state index contributed by atoms with van der Waals surface area (Å²) in [5.41, 5.74) is 1.93. The molecule has 1 amide bonds. The van der Waals surface area contributed by atoms with Crippen LogP contribution in [0.25, 0.3) is 0 Å². The molecule has 0 saturated heterocycles.